The normalized spacial score (nSPS) is 16.4. The molecule has 2 N–H and O–H groups in total. The van der Waals surface area contributed by atoms with Crippen LogP contribution in [-0.2, 0) is 0 Å². The molecule has 3 aromatic rings. The number of ether oxygens (including phenoxy) is 2. The SMILES string of the molecule is COc1ccc(O)c(-c2ccc(OCC(O)CN3CCN(C)CC3)c3ccccc23)c1. The first kappa shape index (κ1) is 21.4. The van der Waals surface area contributed by atoms with Crippen molar-refractivity contribution in [2.45, 2.75) is 6.10 Å². The van der Waals surface area contributed by atoms with Crippen LogP contribution in [0.2, 0.25) is 0 Å². The van der Waals surface area contributed by atoms with E-state index in [0.29, 0.717) is 17.9 Å². The predicted octanol–water partition coefficient (Wildman–Crippen LogP) is 3.21. The van der Waals surface area contributed by atoms with E-state index in [9.17, 15) is 10.2 Å². The van der Waals surface area contributed by atoms with Crippen molar-refractivity contribution in [1.29, 1.82) is 0 Å². The van der Waals surface area contributed by atoms with E-state index in [1.807, 2.05) is 42.5 Å². The topological polar surface area (TPSA) is 65.4 Å². The van der Waals surface area contributed by atoms with Crippen LogP contribution in [0, 0.1) is 0 Å². The number of hydrogen-bond acceptors (Lipinski definition) is 6. The largest absolute Gasteiger partial charge is 0.507 e. The molecule has 1 saturated heterocycles. The summed E-state index contributed by atoms with van der Waals surface area (Å²) in [5, 5.41) is 22.8. The first-order valence-electron chi connectivity index (χ1n) is 10.7. The van der Waals surface area contributed by atoms with Gasteiger partial charge in [-0.25, -0.2) is 0 Å². The highest BCUT2D eigenvalue weighted by Gasteiger charge is 2.18. The quantitative estimate of drug-likeness (QED) is 0.610. The third-order valence-electron chi connectivity index (χ3n) is 5.87. The zero-order valence-electron chi connectivity index (χ0n) is 18.1. The number of phenols is 1. The fourth-order valence-electron chi connectivity index (χ4n) is 4.06. The van der Waals surface area contributed by atoms with E-state index in [2.05, 4.69) is 16.8 Å². The van der Waals surface area contributed by atoms with Gasteiger partial charge >= 0.3 is 0 Å². The maximum absolute atomic E-state index is 10.5. The minimum absolute atomic E-state index is 0.197. The molecule has 1 heterocycles. The Bertz CT molecular complexity index is 1030. The van der Waals surface area contributed by atoms with Crippen molar-refractivity contribution >= 4 is 10.8 Å². The Labute approximate surface area is 183 Å². The predicted molar refractivity (Wildman–Crippen MR) is 123 cm³/mol. The van der Waals surface area contributed by atoms with Gasteiger partial charge in [0.1, 0.15) is 30.0 Å². The number of β-amino-alcohol motifs (C(OH)–C–C–N with tert-alkyl or cyclic N) is 1. The molecule has 0 bridgehead atoms. The maximum atomic E-state index is 10.5. The maximum Gasteiger partial charge on any atom is 0.127 e. The van der Waals surface area contributed by atoms with Crippen LogP contribution in [-0.4, -0.2) is 79.6 Å². The minimum atomic E-state index is -0.552. The fourth-order valence-corrected chi connectivity index (χ4v) is 4.06. The Morgan fingerprint density at radius 3 is 2.42 bits per heavy atom. The van der Waals surface area contributed by atoms with Gasteiger partial charge in [-0.2, -0.15) is 0 Å². The number of benzene rings is 3. The van der Waals surface area contributed by atoms with Gasteiger partial charge in [0, 0.05) is 43.7 Å². The lowest BCUT2D eigenvalue weighted by molar-refractivity contribution is 0.0509. The summed E-state index contributed by atoms with van der Waals surface area (Å²) >= 11 is 0. The number of hydrogen-bond donors (Lipinski definition) is 2. The Morgan fingerprint density at radius 1 is 0.935 bits per heavy atom. The molecule has 0 radical (unpaired) electrons. The van der Waals surface area contributed by atoms with Crippen LogP contribution in [0.4, 0.5) is 0 Å². The van der Waals surface area contributed by atoms with E-state index in [-0.39, 0.29) is 12.4 Å². The second kappa shape index (κ2) is 9.56. The van der Waals surface area contributed by atoms with E-state index in [1.165, 1.54) is 0 Å². The van der Waals surface area contributed by atoms with Crippen LogP contribution in [0.5, 0.6) is 17.2 Å². The summed E-state index contributed by atoms with van der Waals surface area (Å²) in [6, 6.07) is 17.0. The monoisotopic (exact) mass is 422 g/mol. The lowest BCUT2D eigenvalue weighted by Crippen LogP contribution is -2.47. The third-order valence-corrected chi connectivity index (χ3v) is 5.87. The summed E-state index contributed by atoms with van der Waals surface area (Å²) < 4.78 is 11.4. The lowest BCUT2D eigenvalue weighted by Gasteiger charge is -2.33. The molecule has 0 saturated carbocycles. The second-order valence-electron chi connectivity index (χ2n) is 8.11. The number of phenolic OH excluding ortho intramolecular Hbond substituents is 1. The van der Waals surface area contributed by atoms with E-state index < -0.39 is 6.10 Å². The number of piperazine rings is 1. The molecule has 6 nitrogen and oxygen atoms in total. The number of methoxy groups -OCH3 is 1. The Kier molecular flexibility index (Phi) is 6.61. The van der Waals surface area contributed by atoms with Crippen molar-refractivity contribution in [2.24, 2.45) is 0 Å². The molecular weight excluding hydrogens is 392 g/mol. The molecule has 1 aliphatic heterocycles. The zero-order chi connectivity index (χ0) is 21.8. The van der Waals surface area contributed by atoms with Crippen molar-refractivity contribution in [3.8, 4) is 28.4 Å². The number of nitrogens with zero attached hydrogens (tertiary/aromatic N) is 2. The van der Waals surface area contributed by atoms with Gasteiger partial charge in [0.2, 0.25) is 0 Å². The minimum Gasteiger partial charge on any atom is -0.507 e. The molecule has 164 valence electrons. The van der Waals surface area contributed by atoms with Crippen molar-refractivity contribution in [3.05, 3.63) is 54.6 Å². The molecule has 0 amide bonds. The van der Waals surface area contributed by atoms with Crippen LogP contribution in [0.25, 0.3) is 21.9 Å². The average Bonchev–Trinajstić information content (AvgIpc) is 2.79. The van der Waals surface area contributed by atoms with Crippen LogP contribution >= 0.6 is 0 Å². The van der Waals surface area contributed by atoms with Crippen molar-refractivity contribution in [2.75, 3.05) is 53.5 Å². The molecule has 0 aliphatic carbocycles. The van der Waals surface area contributed by atoms with Gasteiger partial charge in [0.05, 0.1) is 7.11 Å². The number of fused-ring (bicyclic) bond motifs is 1. The number of aliphatic hydroxyl groups is 1. The van der Waals surface area contributed by atoms with Gasteiger partial charge in [-0.1, -0.05) is 24.3 Å². The summed E-state index contributed by atoms with van der Waals surface area (Å²) in [6.45, 7) is 4.83. The summed E-state index contributed by atoms with van der Waals surface area (Å²) in [4.78, 5) is 4.58. The van der Waals surface area contributed by atoms with Crippen LogP contribution in [0.15, 0.2) is 54.6 Å². The third kappa shape index (κ3) is 4.93. The smallest absolute Gasteiger partial charge is 0.127 e. The van der Waals surface area contributed by atoms with Crippen molar-refractivity contribution in [1.82, 2.24) is 9.80 Å². The molecule has 1 unspecified atom stereocenters. The molecule has 4 rings (SSSR count). The highest BCUT2D eigenvalue weighted by atomic mass is 16.5. The number of aliphatic hydroxyl groups excluding tert-OH is 1. The van der Waals surface area contributed by atoms with Crippen molar-refractivity contribution < 1.29 is 19.7 Å². The average molecular weight is 423 g/mol. The zero-order valence-corrected chi connectivity index (χ0v) is 18.1. The Balaban J connectivity index is 1.53. The van der Waals surface area contributed by atoms with Gasteiger partial charge in [0.25, 0.3) is 0 Å². The highest BCUT2D eigenvalue weighted by Crippen LogP contribution is 2.39. The first-order chi connectivity index (χ1) is 15.0. The molecule has 1 aliphatic rings. The molecule has 6 heteroatoms. The van der Waals surface area contributed by atoms with Crippen LogP contribution in [0.3, 0.4) is 0 Å². The van der Waals surface area contributed by atoms with E-state index in [1.54, 1.807) is 19.2 Å². The summed E-state index contributed by atoms with van der Waals surface area (Å²) in [5.74, 6) is 1.60. The molecule has 0 aromatic heterocycles. The van der Waals surface area contributed by atoms with Gasteiger partial charge < -0.3 is 24.6 Å². The molecule has 1 atom stereocenters. The summed E-state index contributed by atoms with van der Waals surface area (Å²) in [7, 11) is 3.73. The van der Waals surface area contributed by atoms with E-state index in [0.717, 1.165) is 48.3 Å². The lowest BCUT2D eigenvalue weighted by atomic mass is 9.97. The van der Waals surface area contributed by atoms with Gasteiger partial charge in [0.15, 0.2) is 0 Å². The standard InChI is InChI=1S/C25H30N2O4/c1-26-11-13-27(14-12-26)16-18(28)17-31-25-10-8-21(20-5-3-4-6-22(20)25)23-15-19(30-2)7-9-24(23)29/h3-10,15,18,28-29H,11-14,16-17H2,1-2H3. The second-order valence-corrected chi connectivity index (χ2v) is 8.11. The summed E-state index contributed by atoms with van der Waals surface area (Å²) in [5.41, 5.74) is 1.61. The highest BCUT2D eigenvalue weighted by molar-refractivity contribution is 6.01. The Hall–Kier alpha value is -2.80. The van der Waals surface area contributed by atoms with E-state index in [4.69, 9.17) is 9.47 Å². The van der Waals surface area contributed by atoms with Crippen molar-refractivity contribution in [3.63, 3.8) is 0 Å². The fraction of sp³-hybridized carbons (Fsp3) is 0.360. The molecule has 1 fully saturated rings. The Morgan fingerprint density at radius 2 is 1.68 bits per heavy atom. The van der Waals surface area contributed by atoms with Crippen LogP contribution in [0.1, 0.15) is 0 Å². The summed E-state index contributed by atoms with van der Waals surface area (Å²) in [6.07, 6.45) is -0.552. The first-order valence-corrected chi connectivity index (χ1v) is 10.7. The number of likely N-dealkylation sites (N-methyl/N-ethyl adjacent to an activating group) is 1. The molecular formula is C25H30N2O4. The number of rotatable bonds is 7. The number of aromatic hydroxyl groups is 1. The van der Waals surface area contributed by atoms with Gasteiger partial charge in [-0.3, -0.25) is 4.90 Å². The van der Waals surface area contributed by atoms with Gasteiger partial charge in [-0.15, -0.1) is 0 Å². The van der Waals surface area contributed by atoms with Gasteiger partial charge in [-0.05, 0) is 48.3 Å². The van der Waals surface area contributed by atoms with Crippen LogP contribution < -0.4 is 9.47 Å². The molecule has 3 aromatic carbocycles. The molecule has 0 spiro atoms. The molecule has 31 heavy (non-hydrogen) atoms. The van der Waals surface area contributed by atoms with E-state index >= 15 is 0 Å².